The van der Waals surface area contributed by atoms with Gasteiger partial charge in [0, 0.05) is 11.4 Å². The molecule has 1 rings (SSSR count). The van der Waals surface area contributed by atoms with Gasteiger partial charge in [0.15, 0.2) is 5.78 Å². The van der Waals surface area contributed by atoms with Crippen LogP contribution in [0.5, 0.6) is 0 Å². The van der Waals surface area contributed by atoms with Crippen molar-refractivity contribution in [1.29, 1.82) is 0 Å². The fourth-order valence-corrected chi connectivity index (χ4v) is 1.20. The van der Waals surface area contributed by atoms with Crippen molar-refractivity contribution in [1.82, 2.24) is 0 Å². The second-order valence-electron chi connectivity index (χ2n) is 2.85. The molecule has 2 nitrogen and oxygen atoms in total. The van der Waals surface area contributed by atoms with Gasteiger partial charge in [0.2, 0.25) is 0 Å². The van der Waals surface area contributed by atoms with E-state index in [-0.39, 0.29) is 5.78 Å². The van der Waals surface area contributed by atoms with Crippen LogP contribution in [0.15, 0.2) is 24.3 Å². The minimum absolute atomic E-state index is 0.0438. The van der Waals surface area contributed by atoms with Gasteiger partial charge in [-0.1, -0.05) is 30.7 Å². The zero-order chi connectivity index (χ0) is 9.84. The molecule has 0 aliphatic rings. The van der Waals surface area contributed by atoms with Crippen molar-refractivity contribution in [3.63, 3.8) is 0 Å². The van der Waals surface area contributed by atoms with E-state index in [0.29, 0.717) is 11.4 Å². The van der Waals surface area contributed by atoms with E-state index in [1.165, 1.54) is 0 Å². The zero-order valence-corrected chi connectivity index (χ0v) is 8.21. The molecule has 2 N–H and O–H groups in total. The SMILES string of the molecule is CCC(=O)C(N)c1ccc(Cl)cc1. The van der Waals surface area contributed by atoms with Gasteiger partial charge in [-0.2, -0.15) is 0 Å². The first-order valence-corrected chi connectivity index (χ1v) is 4.56. The summed E-state index contributed by atoms with van der Waals surface area (Å²) < 4.78 is 0. The lowest BCUT2D eigenvalue weighted by Gasteiger charge is -2.08. The van der Waals surface area contributed by atoms with Crippen LogP contribution in [0, 0.1) is 0 Å². The Balaban J connectivity index is 2.83. The molecule has 0 aromatic heterocycles. The van der Waals surface area contributed by atoms with E-state index in [4.69, 9.17) is 17.3 Å². The Morgan fingerprint density at radius 3 is 2.46 bits per heavy atom. The van der Waals surface area contributed by atoms with E-state index >= 15 is 0 Å². The van der Waals surface area contributed by atoms with Crippen LogP contribution in [0.25, 0.3) is 0 Å². The highest BCUT2D eigenvalue weighted by Crippen LogP contribution is 2.16. The van der Waals surface area contributed by atoms with Gasteiger partial charge in [-0.15, -0.1) is 0 Å². The minimum Gasteiger partial charge on any atom is -0.318 e. The van der Waals surface area contributed by atoms with Crippen molar-refractivity contribution in [2.45, 2.75) is 19.4 Å². The Morgan fingerprint density at radius 1 is 1.46 bits per heavy atom. The summed E-state index contributed by atoms with van der Waals surface area (Å²) in [5, 5.41) is 0.653. The quantitative estimate of drug-likeness (QED) is 0.808. The van der Waals surface area contributed by atoms with Crippen LogP contribution in [0.4, 0.5) is 0 Å². The van der Waals surface area contributed by atoms with E-state index < -0.39 is 6.04 Å². The Labute approximate surface area is 82.7 Å². The summed E-state index contributed by atoms with van der Waals surface area (Å²) in [5.41, 5.74) is 6.52. The van der Waals surface area contributed by atoms with Gasteiger partial charge in [0.25, 0.3) is 0 Å². The Morgan fingerprint density at radius 2 is 2.00 bits per heavy atom. The highest BCUT2D eigenvalue weighted by atomic mass is 35.5. The van der Waals surface area contributed by atoms with Gasteiger partial charge in [-0.25, -0.2) is 0 Å². The monoisotopic (exact) mass is 197 g/mol. The largest absolute Gasteiger partial charge is 0.318 e. The van der Waals surface area contributed by atoms with E-state index in [2.05, 4.69) is 0 Å². The average molecular weight is 198 g/mol. The normalized spacial score (nSPS) is 12.5. The summed E-state index contributed by atoms with van der Waals surface area (Å²) in [7, 11) is 0. The lowest BCUT2D eigenvalue weighted by molar-refractivity contribution is -0.120. The van der Waals surface area contributed by atoms with Crippen LogP contribution in [0.1, 0.15) is 24.9 Å². The molecule has 0 spiro atoms. The van der Waals surface area contributed by atoms with Gasteiger partial charge in [0.1, 0.15) is 0 Å². The van der Waals surface area contributed by atoms with Crippen molar-refractivity contribution in [3.8, 4) is 0 Å². The number of carbonyl (C=O) groups excluding carboxylic acids is 1. The smallest absolute Gasteiger partial charge is 0.153 e. The van der Waals surface area contributed by atoms with Crippen molar-refractivity contribution >= 4 is 17.4 Å². The summed E-state index contributed by atoms with van der Waals surface area (Å²) in [6.45, 7) is 1.80. The molecule has 3 heteroatoms. The molecule has 0 bridgehead atoms. The van der Waals surface area contributed by atoms with Crippen molar-refractivity contribution < 1.29 is 4.79 Å². The molecular weight excluding hydrogens is 186 g/mol. The number of hydrogen-bond donors (Lipinski definition) is 1. The minimum atomic E-state index is -0.512. The fraction of sp³-hybridized carbons (Fsp3) is 0.300. The average Bonchev–Trinajstić information content (AvgIpc) is 2.17. The molecule has 70 valence electrons. The first-order chi connectivity index (χ1) is 6.15. The number of benzene rings is 1. The third kappa shape index (κ3) is 2.54. The van der Waals surface area contributed by atoms with Crippen LogP contribution in [-0.2, 0) is 4.79 Å². The molecule has 0 saturated carbocycles. The summed E-state index contributed by atoms with van der Waals surface area (Å²) in [6.07, 6.45) is 0.462. The Bertz CT molecular complexity index is 294. The first kappa shape index (κ1) is 10.2. The van der Waals surface area contributed by atoms with E-state index in [1.54, 1.807) is 31.2 Å². The summed E-state index contributed by atoms with van der Waals surface area (Å²) in [4.78, 5) is 11.2. The van der Waals surface area contributed by atoms with Gasteiger partial charge in [-0.05, 0) is 17.7 Å². The first-order valence-electron chi connectivity index (χ1n) is 4.19. The molecule has 0 amide bonds. The number of halogens is 1. The Hall–Kier alpha value is -0.860. The highest BCUT2D eigenvalue weighted by Gasteiger charge is 2.12. The standard InChI is InChI=1S/C10H12ClNO/c1-2-9(13)10(12)7-3-5-8(11)6-4-7/h3-6,10H,2,12H2,1H3. The van der Waals surface area contributed by atoms with E-state index in [1.807, 2.05) is 0 Å². The molecule has 0 fully saturated rings. The second-order valence-corrected chi connectivity index (χ2v) is 3.29. The second kappa shape index (κ2) is 4.40. The molecular formula is C10H12ClNO. The van der Waals surface area contributed by atoms with Crippen LogP contribution in [-0.4, -0.2) is 5.78 Å². The number of carbonyl (C=O) groups is 1. The number of rotatable bonds is 3. The number of ketones is 1. The molecule has 1 unspecified atom stereocenters. The molecule has 1 atom stereocenters. The van der Waals surface area contributed by atoms with E-state index in [9.17, 15) is 4.79 Å². The lowest BCUT2D eigenvalue weighted by atomic mass is 10.0. The molecule has 0 radical (unpaired) electrons. The van der Waals surface area contributed by atoms with Crippen molar-refractivity contribution in [3.05, 3.63) is 34.9 Å². The van der Waals surface area contributed by atoms with Crippen LogP contribution >= 0.6 is 11.6 Å². The highest BCUT2D eigenvalue weighted by molar-refractivity contribution is 6.30. The molecule has 1 aromatic carbocycles. The summed E-state index contributed by atoms with van der Waals surface area (Å²) in [6, 6.07) is 6.52. The molecule has 0 aliphatic carbocycles. The van der Waals surface area contributed by atoms with Gasteiger partial charge in [0.05, 0.1) is 6.04 Å². The van der Waals surface area contributed by atoms with Crippen LogP contribution in [0.2, 0.25) is 5.02 Å². The zero-order valence-electron chi connectivity index (χ0n) is 7.46. The predicted molar refractivity (Wildman–Crippen MR) is 53.7 cm³/mol. The molecule has 0 heterocycles. The maximum Gasteiger partial charge on any atom is 0.153 e. The van der Waals surface area contributed by atoms with Gasteiger partial charge >= 0.3 is 0 Å². The summed E-state index contributed by atoms with van der Waals surface area (Å²) >= 11 is 5.70. The van der Waals surface area contributed by atoms with Crippen molar-refractivity contribution in [2.24, 2.45) is 5.73 Å². The van der Waals surface area contributed by atoms with Gasteiger partial charge in [-0.3, -0.25) is 4.79 Å². The molecule has 0 saturated heterocycles. The number of hydrogen-bond acceptors (Lipinski definition) is 2. The third-order valence-corrected chi connectivity index (χ3v) is 2.18. The lowest BCUT2D eigenvalue weighted by Crippen LogP contribution is -2.20. The van der Waals surface area contributed by atoms with Crippen LogP contribution in [0.3, 0.4) is 0 Å². The Kier molecular flexibility index (Phi) is 3.46. The van der Waals surface area contributed by atoms with Gasteiger partial charge < -0.3 is 5.73 Å². The number of nitrogens with two attached hydrogens (primary N) is 1. The molecule has 13 heavy (non-hydrogen) atoms. The van der Waals surface area contributed by atoms with Crippen molar-refractivity contribution in [2.75, 3.05) is 0 Å². The molecule has 1 aromatic rings. The fourth-order valence-electron chi connectivity index (χ4n) is 1.08. The maximum atomic E-state index is 11.2. The third-order valence-electron chi connectivity index (χ3n) is 1.92. The summed E-state index contributed by atoms with van der Waals surface area (Å²) in [5.74, 6) is 0.0438. The number of Topliss-reactive ketones (excluding diaryl/α,β-unsaturated/α-hetero) is 1. The topological polar surface area (TPSA) is 43.1 Å². The molecule has 0 aliphatic heterocycles. The predicted octanol–water partition coefficient (Wildman–Crippen LogP) is 2.32. The maximum absolute atomic E-state index is 11.2. The van der Waals surface area contributed by atoms with Crippen LogP contribution < -0.4 is 5.73 Å². The van der Waals surface area contributed by atoms with E-state index in [0.717, 1.165) is 5.56 Å².